The van der Waals surface area contributed by atoms with Gasteiger partial charge >= 0.3 is 0 Å². The number of carbonyl (C=O) groups excluding carboxylic acids is 1. The highest BCUT2D eigenvalue weighted by Crippen LogP contribution is 2.51. The van der Waals surface area contributed by atoms with Gasteiger partial charge in [0.2, 0.25) is 5.91 Å². The molecule has 1 spiro atoms. The second-order valence-electron chi connectivity index (χ2n) is 7.82. The minimum absolute atomic E-state index is 0.190. The summed E-state index contributed by atoms with van der Waals surface area (Å²) in [7, 11) is 0. The summed E-state index contributed by atoms with van der Waals surface area (Å²) in [6.45, 7) is 2.23. The summed E-state index contributed by atoms with van der Waals surface area (Å²) in [5.74, 6) is 0.279. The number of likely N-dealkylation sites (tertiary alicyclic amines) is 1. The summed E-state index contributed by atoms with van der Waals surface area (Å²) < 4.78 is 6.23. The van der Waals surface area contributed by atoms with Gasteiger partial charge in [-0.15, -0.1) is 0 Å². The molecular formula is C22H22ClNO2. The van der Waals surface area contributed by atoms with Crippen LogP contribution in [0.3, 0.4) is 0 Å². The molecular weight excluding hydrogens is 346 g/mol. The van der Waals surface area contributed by atoms with Gasteiger partial charge in [-0.25, -0.2) is 0 Å². The number of fused-ring (bicyclic) bond motifs is 2. The van der Waals surface area contributed by atoms with E-state index >= 15 is 0 Å². The minimum Gasteiger partial charge on any atom is -0.365 e. The number of rotatable bonds is 2. The average Bonchev–Trinajstić information content (AvgIpc) is 3.42. The van der Waals surface area contributed by atoms with Crippen LogP contribution in [0.5, 0.6) is 0 Å². The van der Waals surface area contributed by atoms with Crippen molar-refractivity contribution in [1.82, 2.24) is 4.90 Å². The molecule has 1 amide bonds. The zero-order valence-corrected chi connectivity index (χ0v) is 15.5. The average molecular weight is 368 g/mol. The third-order valence-corrected chi connectivity index (χ3v) is 6.68. The van der Waals surface area contributed by atoms with Crippen molar-refractivity contribution < 1.29 is 9.53 Å². The number of amides is 1. The normalized spacial score (nSPS) is 22.3. The molecule has 5 rings (SSSR count). The van der Waals surface area contributed by atoms with Crippen LogP contribution in [-0.2, 0) is 27.2 Å². The second kappa shape index (κ2) is 5.83. The SMILES string of the molecule is O=C(N1CCC2(CC1)OCc1ccccc12)C1(c2ccc(Cl)cc2)CC1. The van der Waals surface area contributed by atoms with E-state index in [2.05, 4.69) is 29.2 Å². The number of halogens is 1. The summed E-state index contributed by atoms with van der Waals surface area (Å²) in [6.07, 6.45) is 3.64. The predicted molar refractivity (Wildman–Crippen MR) is 101 cm³/mol. The lowest BCUT2D eigenvalue weighted by molar-refractivity contribution is -0.141. The molecule has 1 aliphatic carbocycles. The first kappa shape index (κ1) is 16.3. The topological polar surface area (TPSA) is 29.5 Å². The van der Waals surface area contributed by atoms with Crippen LogP contribution in [0.2, 0.25) is 5.02 Å². The van der Waals surface area contributed by atoms with E-state index in [1.807, 2.05) is 24.3 Å². The highest BCUT2D eigenvalue weighted by atomic mass is 35.5. The van der Waals surface area contributed by atoms with Crippen molar-refractivity contribution in [2.24, 2.45) is 0 Å². The van der Waals surface area contributed by atoms with E-state index in [1.54, 1.807) is 0 Å². The molecule has 0 unspecified atom stereocenters. The number of hydrogen-bond donors (Lipinski definition) is 0. The zero-order chi connectivity index (χ0) is 17.8. The minimum atomic E-state index is -0.316. The Morgan fingerprint density at radius 3 is 2.35 bits per heavy atom. The van der Waals surface area contributed by atoms with Crippen molar-refractivity contribution in [3.63, 3.8) is 0 Å². The molecule has 1 saturated heterocycles. The summed E-state index contributed by atoms with van der Waals surface area (Å²) in [6, 6.07) is 16.3. The van der Waals surface area contributed by atoms with Gasteiger partial charge in [-0.1, -0.05) is 48.0 Å². The number of hydrogen-bond acceptors (Lipinski definition) is 2. The van der Waals surface area contributed by atoms with E-state index < -0.39 is 0 Å². The number of nitrogens with zero attached hydrogens (tertiary/aromatic N) is 1. The van der Waals surface area contributed by atoms with Gasteiger partial charge in [0.1, 0.15) is 0 Å². The highest BCUT2D eigenvalue weighted by Gasteiger charge is 2.54. The van der Waals surface area contributed by atoms with Gasteiger partial charge in [-0.2, -0.15) is 0 Å². The van der Waals surface area contributed by atoms with E-state index in [-0.39, 0.29) is 16.9 Å². The molecule has 0 N–H and O–H groups in total. The molecule has 0 bridgehead atoms. The number of benzene rings is 2. The van der Waals surface area contributed by atoms with Crippen molar-refractivity contribution >= 4 is 17.5 Å². The third kappa shape index (κ3) is 2.41. The van der Waals surface area contributed by atoms with Crippen LogP contribution in [0.25, 0.3) is 0 Å². The lowest BCUT2D eigenvalue weighted by Crippen LogP contribution is -2.48. The van der Waals surface area contributed by atoms with Crippen molar-refractivity contribution in [3.8, 4) is 0 Å². The van der Waals surface area contributed by atoms with Crippen LogP contribution in [0.15, 0.2) is 48.5 Å². The maximum atomic E-state index is 13.3. The number of carbonyl (C=O) groups is 1. The first-order chi connectivity index (χ1) is 12.6. The molecule has 134 valence electrons. The molecule has 2 aliphatic heterocycles. The van der Waals surface area contributed by atoms with Gasteiger partial charge in [0.05, 0.1) is 17.6 Å². The first-order valence-corrected chi connectivity index (χ1v) is 9.79. The van der Waals surface area contributed by atoms with Crippen molar-refractivity contribution in [1.29, 1.82) is 0 Å². The van der Waals surface area contributed by atoms with E-state index in [1.165, 1.54) is 11.1 Å². The predicted octanol–water partition coefficient (Wildman–Crippen LogP) is 4.42. The molecule has 0 atom stereocenters. The molecule has 3 nitrogen and oxygen atoms in total. The van der Waals surface area contributed by atoms with Gasteiger partial charge in [-0.3, -0.25) is 4.79 Å². The maximum absolute atomic E-state index is 13.3. The molecule has 0 radical (unpaired) electrons. The number of piperidine rings is 1. The molecule has 1 saturated carbocycles. The zero-order valence-electron chi connectivity index (χ0n) is 14.7. The maximum Gasteiger partial charge on any atom is 0.233 e. The molecule has 2 fully saturated rings. The summed E-state index contributed by atoms with van der Waals surface area (Å²) in [5, 5.41) is 0.717. The lowest BCUT2D eigenvalue weighted by Gasteiger charge is -2.40. The van der Waals surface area contributed by atoms with Crippen LogP contribution in [0.1, 0.15) is 42.4 Å². The van der Waals surface area contributed by atoms with Gasteiger partial charge < -0.3 is 9.64 Å². The van der Waals surface area contributed by atoms with E-state index in [9.17, 15) is 4.79 Å². The Morgan fingerprint density at radius 1 is 0.962 bits per heavy atom. The van der Waals surface area contributed by atoms with Gasteiger partial charge in [0.25, 0.3) is 0 Å². The fourth-order valence-electron chi connectivity index (χ4n) is 4.69. The Balaban J connectivity index is 1.33. The van der Waals surface area contributed by atoms with Gasteiger partial charge in [0, 0.05) is 18.1 Å². The molecule has 0 aromatic heterocycles. The second-order valence-corrected chi connectivity index (χ2v) is 8.26. The Kier molecular flexibility index (Phi) is 3.67. The summed E-state index contributed by atoms with van der Waals surface area (Å²) in [4.78, 5) is 15.3. The van der Waals surface area contributed by atoms with E-state index in [0.29, 0.717) is 11.6 Å². The molecule has 4 heteroatoms. The Hall–Kier alpha value is -1.84. The van der Waals surface area contributed by atoms with Gasteiger partial charge in [-0.05, 0) is 54.5 Å². The highest BCUT2D eigenvalue weighted by molar-refractivity contribution is 6.30. The fraction of sp³-hybridized carbons (Fsp3) is 0.409. The number of ether oxygens (including phenoxy) is 1. The van der Waals surface area contributed by atoms with Crippen LogP contribution in [-0.4, -0.2) is 23.9 Å². The van der Waals surface area contributed by atoms with Crippen molar-refractivity contribution in [2.75, 3.05) is 13.1 Å². The Morgan fingerprint density at radius 2 is 1.65 bits per heavy atom. The largest absolute Gasteiger partial charge is 0.365 e. The van der Waals surface area contributed by atoms with Crippen LogP contribution in [0.4, 0.5) is 0 Å². The molecule has 2 aromatic carbocycles. The van der Waals surface area contributed by atoms with Crippen LogP contribution < -0.4 is 0 Å². The molecule has 26 heavy (non-hydrogen) atoms. The fourth-order valence-corrected chi connectivity index (χ4v) is 4.82. The smallest absolute Gasteiger partial charge is 0.233 e. The molecule has 3 aliphatic rings. The van der Waals surface area contributed by atoms with Crippen molar-refractivity contribution in [3.05, 3.63) is 70.2 Å². The quantitative estimate of drug-likeness (QED) is 0.786. The van der Waals surface area contributed by atoms with Crippen LogP contribution >= 0.6 is 11.6 Å². The van der Waals surface area contributed by atoms with E-state index in [4.69, 9.17) is 16.3 Å². The first-order valence-electron chi connectivity index (χ1n) is 9.41. The van der Waals surface area contributed by atoms with Crippen molar-refractivity contribution in [2.45, 2.75) is 43.3 Å². The van der Waals surface area contributed by atoms with E-state index in [0.717, 1.165) is 44.3 Å². The Labute approximate surface area is 158 Å². The Bertz CT molecular complexity index is 849. The third-order valence-electron chi connectivity index (χ3n) is 6.43. The summed E-state index contributed by atoms with van der Waals surface area (Å²) in [5.41, 5.74) is 3.22. The van der Waals surface area contributed by atoms with Crippen LogP contribution in [0, 0.1) is 0 Å². The molecule has 2 heterocycles. The monoisotopic (exact) mass is 367 g/mol. The summed E-state index contributed by atoms with van der Waals surface area (Å²) >= 11 is 6.01. The lowest BCUT2D eigenvalue weighted by atomic mass is 9.83. The van der Waals surface area contributed by atoms with Gasteiger partial charge in [0.15, 0.2) is 0 Å². The standard InChI is InChI=1S/C22H22ClNO2/c23-18-7-5-17(6-8-18)21(9-10-21)20(25)24-13-11-22(12-14-24)19-4-2-1-3-16(19)15-26-22/h1-8H,9-15H2. The molecule has 2 aromatic rings.